The average molecular weight is 268 g/mol. The monoisotopic (exact) mass is 268 g/mol. The zero-order valence-corrected chi connectivity index (χ0v) is 11.6. The standard InChI is InChI=1S/C15H16N4O/c1-3-19(11-12-4-6-17-7-5-12)15(20)14-8-13(9-16)10-18(14)2/h4-8,10H,3,11H2,1-2H3. The van der Waals surface area contributed by atoms with Gasteiger partial charge in [-0.15, -0.1) is 0 Å². The number of pyridine rings is 1. The highest BCUT2D eigenvalue weighted by molar-refractivity contribution is 5.93. The van der Waals surface area contributed by atoms with Crippen molar-refractivity contribution in [3.8, 4) is 6.07 Å². The fourth-order valence-corrected chi connectivity index (χ4v) is 2.04. The number of hydrogen-bond acceptors (Lipinski definition) is 3. The van der Waals surface area contributed by atoms with Crippen molar-refractivity contribution in [3.63, 3.8) is 0 Å². The molecule has 5 nitrogen and oxygen atoms in total. The van der Waals surface area contributed by atoms with Crippen LogP contribution in [0.2, 0.25) is 0 Å². The number of aryl methyl sites for hydroxylation is 1. The molecule has 20 heavy (non-hydrogen) atoms. The molecule has 0 aliphatic carbocycles. The molecule has 2 heterocycles. The first-order valence-electron chi connectivity index (χ1n) is 6.40. The van der Waals surface area contributed by atoms with Gasteiger partial charge in [0, 0.05) is 38.7 Å². The van der Waals surface area contributed by atoms with E-state index in [4.69, 9.17) is 5.26 Å². The van der Waals surface area contributed by atoms with E-state index in [-0.39, 0.29) is 5.91 Å². The summed E-state index contributed by atoms with van der Waals surface area (Å²) in [7, 11) is 1.77. The van der Waals surface area contributed by atoms with Gasteiger partial charge in [0.2, 0.25) is 0 Å². The fourth-order valence-electron chi connectivity index (χ4n) is 2.04. The molecular weight excluding hydrogens is 252 g/mol. The lowest BCUT2D eigenvalue weighted by atomic mass is 10.2. The summed E-state index contributed by atoms with van der Waals surface area (Å²) in [6, 6.07) is 7.45. The number of amides is 1. The molecule has 0 aliphatic heterocycles. The molecule has 0 saturated carbocycles. The van der Waals surface area contributed by atoms with Crippen molar-refractivity contribution in [2.45, 2.75) is 13.5 Å². The van der Waals surface area contributed by atoms with Crippen LogP contribution >= 0.6 is 0 Å². The van der Waals surface area contributed by atoms with Crippen LogP contribution in [0, 0.1) is 11.3 Å². The van der Waals surface area contributed by atoms with Crippen LogP contribution in [0.1, 0.15) is 28.5 Å². The van der Waals surface area contributed by atoms with E-state index in [9.17, 15) is 4.79 Å². The first-order chi connectivity index (χ1) is 9.65. The third-order valence-electron chi connectivity index (χ3n) is 3.14. The maximum Gasteiger partial charge on any atom is 0.270 e. The highest BCUT2D eigenvalue weighted by Crippen LogP contribution is 2.12. The van der Waals surface area contributed by atoms with E-state index in [2.05, 4.69) is 4.98 Å². The molecule has 0 spiro atoms. The van der Waals surface area contributed by atoms with Gasteiger partial charge >= 0.3 is 0 Å². The van der Waals surface area contributed by atoms with Crippen molar-refractivity contribution >= 4 is 5.91 Å². The number of hydrogen-bond donors (Lipinski definition) is 0. The molecule has 0 bridgehead atoms. The van der Waals surface area contributed by atoms with Gasteiger partial charge in [-0.2, -0.15) is 5.26 Å². The minimum atomic E-state index is -0.0756. The van der Waals surface area contributed by atoms with Gasteiger partial charge in [-0.05, 0) is 30.7 Å². The van der Waals surface area contributed by atoms with Gasteiger partial charge in [-0.1, -0.05) is 0 Å². The molecule has 0 N–H and O–H groups in total. The summed E-state index contributed by atoms with van der Waals surface area (Å²) in [5.74, 6) is -0.0756. The number of aromatic nitrogens is 2. The molecule has 0 fully saturated rings. The van der Waals surface area contributed by atoms with Crippen LogP contribution in [0.15, 0.2) is 36.8 Å². The smallest absolute Gasteiger partial charge is 0.270 e. The zero-order valence-electron chi connectivity index (χ0n) is 11.6. The SMILES string of the molecule is CCN(Cc1ccncc1)C(=O)c1cc(C#N)cn1C. The second-order valence-electron chi connectivity index (χ2n) is 4.51. The Morgan fingerprint density at radius 1 is 1.45 bits per heavy atom. The van der Waals surface area contributed by atoms with Gasteiger partial charge < -0.3 is 9.47 Å². The molecule has 2 aromatic heterocycles. The zero-order chi connectivity index (χ0) is 14.5. The van der Waals surface area contributed by atoms with Gasteiger partial charge in [-0.25, -0.2) is 0 Å². The lowest BCUT2D eigenvalue weighted by Crippen LogP contribution is -2.31. The Balaban J connectivity index is 2.21. The molecule has 0 aromatic carbocycles. The van der Waals surface area contributed by atoms with Crippen LogP contribution in [0.5, 0.6) is 0 Å². The maximum atomic E-state index is 12.5. The summed E-state index contributed by atoms with van der Waals surface area (Å²) in [5.41, 5.74) is 2.05. The summed E-state index contributed by atoms with van der Waals surface area (Å²) in [6.07, 6.45) is 5.08. The molecule has 0 atom stereocenters. The molecule has 0 radical (unpaired) electrons. The molecule has 0 saturated heterocycles. The Morgan fingerprint density at radius 3 is 2.70 bits per heavy atom. The molecule has 0 aliphatic rings. The van der Waals surface area contributed by atoms with E-state index >= 15 is 0 Å². The minimum Gasteiger partial charge on any atom is -0.345 e. The predicted molar refractivity (Wildman–Crippen MR) is 74.8 cm³/mol. The van der Waals surface area contributed by atoms with E-state index in [1.165, 1.54) is 0 Å². The van der Waals surface area contributed by atoms with E-state index in [0.717, 1.165) is 5.56 Å². The number of nitrogens with zero attached hydrogens (tertiary/aromatic N) is 4. The Morgan fingerprint density at radius 2 is 2.15 bits per heavy atom. The van der Waals surface area contributed by atoms with Crippen LogP contribution in [0.4, 0.5) is 0 Å². The molecule has 2 aromatic rings. The van der Waals surface area contributed by atoms with Gasteiger partial charge in [-0.3, -0.25) is 9.78 Å². The van der Waals surface area contributed by atoms with E-state index in [1.54, 1.807) is 41.2 Å². The van der Waals surface area contributed by atoms with Crippen molar-refractivity contribution in [1.82, 2.24) is 14.5 Å². The van der Waals surface area contributed by atoms with Gasteiger partial charge in [0.25, 0.3) is 5.91 Å². The third kappa shape index (κ3) is 2.86. The quantitative estimate of drug-likeness (QED) is 0.851. The molecular formula is C15H16N4O. The molecule has 102 valence electrons. The normalized spacial score (nSPS) is 10.1. The van der Waals surface area contributed by atoms with Crippen LogP contribution in [-0.4, -0.2) is 26.9 Å². The highest BCUT2D eigenvalue weighted by atomic mass is 16.2. The second kappa shape index (κ2) is 6.02. The van der Waals surface area contributed by atoms with E-state index in [0.29, 0.717) is 24.3 Å². The molecule has 1 amide bonds. The van der Waals surface area contributed by atoms with Crippen molar-refractivity contribution in [2.75, 3.05) is 6.54 Å². The van der Waals surface area contributed by atoms with Crippen LogP contribution in [0.3, 0.4) is 0 Å². The Hall–Kier alpha value is -2.61. The summed E-state index contributed by atoms with van der Waals surface area (Å²) in [5, 5.41) is 8.89. The Bertz CT molecular complexity index is 640. The van der Waals surface area contributed by atoms with E-state index in [1.807, 2.05) is 25.1 Å². The van der Waals surface area contributed by atoms with Gasteiger partial charge in [0.05, 0.1) is 5.56 Å². The Labute approximate surface area is 118 Å². The predicted octanol–water partition coefficient (Wildman–Crippen LogP) is 1.95. The molecule has 2 rings (SSSR count). The topological polar surface area (TPSA) is 61.9 Å². The first-order valence-corrected chi connectivity index (χ1v) is 6.40. The summed E-state index contributed by atoms with van der Waals surface area (Å²) in [4.78, 5) is 18.2. The first kappa shape index (κ1) is 13.8. The van der Waals surface area contributed by atoms with Crippen molar-refractivity contribution < 1.29 is 4.79 Å². The summed E-state index contributed by atoms with van der Waals surface area (Å²) < 4.78 is 1.69. The molecule has 5 heteroatoms. The third-order valence-corrected chi connectivity index (χ3v) is 3.14. The lowest BCUT2D eigenvalue weighted by Gasteiger charge is -2.21. The number of rotatable bonds is 4. The number of carbonyl (C=O) groups is 1. The van der Waals surface area contributed by atoms with Crippen molar-refractivity contribution in [3.05, 3.63) is 53.6 Å². The summed E-state index contributed by atoms with van der Waals surface area (Å²) in [6.45, 7) is 3.08. The van der Waals surface area contributed by atoms with Crippen molar-refractivity contribution in [2.24, 2.45) is 7.05 Å². The highest BCUT2D eigenvalue weighted by Gasteiger charge is 2.18. The summed E-state index contributed by atoms with van der Waals surface area (Å²) >= 11 is 0. The van der Waals surface area contributed by atoms with Gasteiger partial charge in [0.1, 0.15) is 11.8 Å². The van der Waals surface area contributed by atoms with Crippen LogP contribution in [0.25, 0.3) is 0 Å². The molecule has 0 unspecified atom stereocenters. The maximum absolute atomic E-state index is 12.5. The lowest BCUT2D eigenvalue weighted by molar-refractivity contribution is 0.0743. The van der Waals surface area contributed by atoms with Gasteiger partial charge in [0.15, 0.2) is 0 Å². The van der Waals surface area contributed by atoms with E-state index < -0.39 is 0 Å². The Kier molecular flexibility index (Phi) is 4.16. The largest absolute Gasteiger partial charge is 0.345 e. The van der Waals surface area contributed by atoms with Crippen molar-refractivity contribution in [1.29, 1.82) is 5.26 Å². The number of carbonyl (C=O) groups excluding carboxylic acids is 1. The van der Waals surface area contributed by atoms with Crippen LogP contribution in [-0.2, 0) is 13.6 Å². The average Bonchev–Trinajstić information content (AvgIpc) is 2.86. The second-order valence-corrected chi connectivity index (χ2v) is 4.51. The minimum absolute atomic E-state index is 0.0756. The van der Waals surface area contributed by atoms with Crippen LogP contribution < -0.4 is 0 Å². The number of nitriles is 1. The fraction of sp³-hybridized carbons (Fsp3) is 0.267.